The molecular weight excluding hydrogens is 452 g/mol. The molecule has 0 aliphatic carbocycles. The Balaban J connectivity index is 1.51. The quantitative estimate of drug-likeness (QED) is 0.382. The molecule has 2 heterocycles. The van der Waals surface area contributed by atoms with Crippen LogP contribution in [0.3, 0.4) is 0 Å². The first kappa shape index (κ1) is 23.8. The van der Waals surface area contributed by atoms with E-state index in [-0.39, 0.29) is 12.5 Å². The minimum atomic E-state index is -0.545. The van der Waals surface area contributed by atoms with Crippen molar-refractivity contribution in [1.29, 1.82) is 0 Å². The van der Waals surface area contributed by atoms with E-state index in [4.69, 9.17) is 11.6 Å². The molecule has 178 valence electrons. The van der Waals surface area contributed by atoms with E-state index in [2.05, 4.69) is 4.90 Å². The fourth-order valence-electron chi connectivity index (χ4n) is 4.50. The van der Waals surface area contributed by atoms with Crippen LogP contribution >= 0.6 is 11.6 Å². The Morgan fingerprint density at radius 1 is 0.912 bits per heavy atom. The predicted octanol–water partition coefficient (Wildman–Crippen LogP) is 3.69. The van der Waals surface area contributed by atoms with Crippen molar-refractivity contribution < 1.29 is 14.4 Å². The molecule has 8 heteroatoms. The Morgan fingerprint density at radius 2 is 1.56 bits per heavy atom. The maximum Gasteiger partial charge on any atom is 0.295 e. The second kappa shape index (κ2) is 10.3. The van der Waals surface area contributed by atoms with Crippen LogP contribution in [0, 0.1) is 0 Å². The number of benzene rings is 2. The van der Waals surface area contributed by atoms with Gasteiger partial charge in [-0.2, -0.15) is 0 Å². The van der Waals surface area contributed by atoms with Gasteiger partial charge in [0.1, 0.15) is 6.54 Å². The van der Waals surface area contributed by atoms with Gasteiger partial charge in [0.15, 0.2) is 0 Å². The van der Waals surface area contributed by atoms with Crippen molar-refractivity contribution in [3.63, 3.8) is 0 Å². The number of ketones is 1. The normalized spacial score (nSPS) is 13.9. The highest BCUT2D eigenvalue weighted by Gasteiger charge is 2.29. The summed E-state index contributed by atoms with van der Waals surface area (Å²) in [5.74, 6) is -1.08. The summed E-state index contributed by atoms with van der Waals surface area (Å²) < 4.78 is 1.77. The number of rotatable bonds is 7. The molecule has 0 N–H and O–H groups in total. The molecule has 1 fully saturated rings. The van der Waals surface area contributed by atoms with Crippen molar-refractivity contribution in [3.8, 4) is 0 Å². The van der Waals surface area contributed by atoms with Crippen LogP contribution in [0.15, 0.2) is 54.7 Å². The summed E-state index contributed by atoms with van der Waals surface area (Å²) in [7, 11) is 0. The highest BCUT2D eigenvalue weighted by atomic mass is 35.5. The number of aromatic nitrogens is 1. The number of amides is 2. The molecule has 1 aromatic heterocycles. The van der Waals surface area contributed by atoms with E-state index < -0.39 is 11.7 Å². The molecule has 3 aromatic rings. The van der Waals surface area contributed by atoms with Gasteiger partial charge in [0.2, 0.25) is 5.91 Å². The van der Waals surface area contributed by atoms with Crippen LogP contribution in [0.1, 0.15) is 24.2 Å². The number of carbonyl (C=O) groups is 3. The third kappa shape index (κ3) is 4.66. The fraction of sp³-hybridized carbons (Fsp3) is 0.346. The van der Waals surface area contributed by atoms with E-state index in [1.807, 2.05) is 62.4 Å². The Hall–Kier alpha value is -3.32. The standard InChI is InChI=1S/C26H29ClN4O3/c1-3-28(4-2)24(32)18-31-17-20(19-9-5-7-11-22(19)31)25(33)26(34)30-15-13-29(14-16-30)23-12-8-6-10-21(23)27/h5-12,17H,3-4,13-16,18H2,1-2H3. The predicted molar refractivity (Wildman–Crippen MR) is 134 cm³/mol. The minimum absolute atomic E-state index is 0.0215. The van der Waals surface area contributed by atoms with Crippen LogP contribution < -0.4 is 4.90 Å². The molecule has 0 saturated carbocycles. The van der Waals surface area contributed by atoms with Crippen molar-refractivity contribution in [1.82, 2.24) is 14.4 Å². The van der Waals surface area contributed by atoms with Gasteiger partial charge in [-0.25, -0.2) is 0 Å². The first-order chi connectivity index (χ1) is 16.4. The summed E-state index contributed by atoms with van der Waals surface area (Å²) >= 11 is 6.31. The zero-order valence-electron chi connectivity index (χ0n) is 19.5. The van der Waals surface area contributed by atoms with E-state index in [9.17, 15) is 14.4 Å². The highest BCUT2D eigenvalue weighted by Crippen LogP contribution is 2.27. The number of carbonyl (C=O) groups excluding carboxylic acids is 3. The van der Waals surface area contributed by atoms with Crippen LogP contribution in [0.2, 0.25) is 5.02 Å². The first-order valence-corrected chi connectivity index (χ1v) is 12.0. The number of para-hydroxylation sites is 2. The average Bonchev–Trinajstić information content (AvgIpc) is 3.22. The first-order valence-electron chi connectivity index (χ1n) is 11.6. The van der Waals surface area contributed by atoms with Gasteiger partial charge in [0.25, 0.3) is 11.7 Å². The summed E-state index contributed by atoms with van der Waals surface area (Å²) in [6.45, 7) is 7.33. The Kier molecular flexibility index (Phi) is 7.22. The van der Waals surface area contributed by atoms with E-state index in [1.165, 1.54) is 0 Å². The summed E-state index contributed by atoms with van der Waals surface area (Å²) in [5.41, 5.74) is 2.03. The number of nitrogens with zero attached hydrogens (tertiary/aromatic N) is 4. The molecule has 34 heavy (non-hydrogen) atoms. The molecule has 0 radical (unpaired) electrons. The molecule has 1 aliphatic heterocycles. The van der Waals surface area contributed by atoms with Crippen LogP contribution in [0.25, 0.3) is 10.9 Å². The number of hydrogen-bond donors (Lipinski definition) is 0. The van der Waals surface area contributed by atoms with Crippen molar-refractivity contribution in [2.24, 2.45) is 0 Å². The number of halogens is 1. The second-order valence-corrected chi connectivity index (χ2v) is 8.72. The largest absolute Gasteiger partial charge is 0.367 e. The smallest absolute Gasteiger partial charge is 0.295 e. The number of fused-ring (bicyclic) bond motifs is 1. The van der Waals surface area contributed by atoms with Gasteiger partial charge in [-0.1, -0.05) is 41.9 Å². The molecule has 0 bridgehead atoms. The number of hydrogen-bond acceptors (Lipinski definition) is 4. The SMILES string of the molecule is CCN(CC)C(=O)Cn1cc(C(=O)C(=O)N2CCN(c3ccccc3Cl)CC2)c2ccccc21. The maximum atomic E-state index is 13.3. The summed E-state index contributed by atoms with van der Waals surface area (Å²) in [4.78, 5) is 44.6. The lowest BCUT2D eigenvalue weighted by atomic mass is 10.1. The van der Waals surface area contributed by atoms with E-state index in [0.29, 0.717) is 55.2 Å². The van der Waals surface area contributed by atoms with Crippen LogP contribution in [-0.4, -0.2) is 71.2 Å². The Bertz CT molecular complexity index is 1210. The molecule has 2 aromatic carbocycles. The lowest BCUT2D eigenvalue weighted by Crippen LogP contribution is -2.50. The van der Waals surface area contributed by atoms with Crippen LogP contribution in [-0.2, 0) is 16.1 Å². The van der Waals surface area contributed by atoms with Gasteiger partial charge in [0.05, 0.1) is 16.3 Å². The zero-order chi connectivity index (χ0) is 24.2. The van der Waals surface area contributed by atoms with Crippen molar-refractivity contribution in [3.05, 3.63) is 65.3 Å². The van der Waals surface area contributed by atoms with Gasteiger partial charge in [-0.15, -0.1) is 0 Å². The van der Waals surface area contributed by atoms with Gasteiger partial charge < -0.3 is 19.3 Å². The fourth-order valence-corrected chi connectivity index (χ4v) is 4.75. The van der Waals surface area contributed by atoms with Crippen LogP contribution in [0.4, 0.5) is 5.69 Å². The van der Waals surface area contributed by atoms with Crippen LogP contribution in [0.5, 0.6) is 0 Å². The molecule has 1 aliphatic rings. The maximum absolute atomic E-state index is 13.3. The third-order valence-electron chi connectivity index (χ3n) is 6.41. The topological polar surface area (TPSA) is 65.9 Å². The highest BCUT2D eigenvalue weighted by molar-refractivity contribution is 6.45. The van der Waals surface area contributed by atoms with Gasteiger partial charge in [-0.05, 0) is 32.0 Å². The monoisotopic (exact) mass is 480 g/mol. The lowest BCUT2D eigenvalue weighted by molar-refractivity contribution is -0.131. The van der Waals surface area contributed by atoms with Gasteiger partial charge in [-0.3, -0.25) is 14.4 Å². The number of likely N-dealkylation sites (N-methyl/N-ethyl adjacent to an activating group) is 1. The lowest BCUT2D eigenvalue weighted by Gasteiger charge is -2.36. The van der Waals surface area contributed by atoms with Gasteiger partial charge >= 0.3 is 0 Å². The zero-order valence-corrected chi connectivity index (χ0v) is 20.3. The van der Waals surface area contributed by atoms with E-state index in [1.54, 1.807) is 20.6 Å². The molecular formula is C26H29ClN4O3. The Morgan fingerprint density at radius 3 is 2.24 bits per heavy atom. The second-order valence-electron chi connectivity index (χ2n) is 8.31. The van der Waals surface area contributed by atoms with Crippen molar-refractivity contribution in [2.45, 2.75) is 20.4 Å². The molecule has 2 amide bonds. The molecule has 1 saturated heterocycles. The molecule has 0 spiro atoms. The minimum Gasteiger partial charge on any atom is -0.367 e. The van der Waals surface area contributed by atoms with Crippen molar-refractivity contribution >= 4 is 45.8 Å². The summed E-state index contributed by atoms with van der Waals surface area (Å²) in [5, 5.41) is 1.35. The van der Waals surface area contributed by atoms with E-state index >= 15 is 0 Å². The number of Topliss-reactive ketones (excluding diaryl/α,β-unsaturated/α-hetero) is 1. The summed E-state index contributed by atoms with van der Waals surface area (Å²) in [6.07, 6.45) is 1.65. The molecule has 0 unspecified atom stereocenters. The molecule has 7 nitrogen and oxygen atoms in total. The Labute approximate surface area is 204 Å². The number of anilines is 1. The third-order valence-corrected chi connectivity index (χ3v) is 6.73. The molecule has 0 atom stereocenters. The number of piperazine rings is 1. The summed E-state index contributed by atoms with van der Waals surface area (Å²) in [6, 6.07) is 15.0. The molecule has 4 rings (SSSR count). The van der Waals surface area contributed by atoms with Gasteiger partial charge in [0, 0.05) is 56.4 Å². The average molecular weight is 481 g/mol. The van der Waals surface area contributed by atoms with E-state index in [0.717, 1.165) is 11.2 Å². The van der Waals surface area contributed by atoms with Crippen molar-refractivity contribution in [2.75, 3.05) is 44.2 Å².